The van der Waals surface area contributed by atoms with E-state index in [4.69, 9.17) is 0 Å². The van der Waals surface area contributed by atoms with Crippen molar-refractivity contribution in [1.29, 1.82) is 0 Å². The fourth-order valence-electron chi connectivity index (χ4n) is 3.44. The molecule has 0 radical (unpaired) electrons. The molecule has 1 atom stereocenters. The van der Waals surface area contributed by atoms with Gasteiger partial charge in [-0.2, -0.15) is 5.10 Å². The average molecular weight is 356 g/mol. The zero-order chi connectivity index (χ0) is 18.7. The summed E-state index contributed by atoms with van der Waals surface area (Å²) in [6.45, 7) is 0. The minimum atomic E-state index is -0.244. The van der Waals surface area contributed by atoms with Crippen LogP contribution in [0.5, 0.6) is 0 Å². The van der Waals surface area contributed by atoms with E-state index in [0.29, 0.717) is 12.8 Å². The standard InChI is InChI=1S/C20H28N4O2/c1-23(2)17-7-4-14(5-8-17)6-9-19(26)22-20(15-10-18(25)11-15)16-12-21-24(3)13-16/h4-5,7-8,12-13,15,18,20,25H,6,9-11H2,1-3H3,(H,22,26)/t15?,18?,20-/m1/s1. The third kappa shape index (κ3) is 4.43. The molecule has 1 aromatic heterocycles. The summed E-state index contributed by atoms with van der Waals surface area (Å²) in [7, 11) is 5.90. The summed E-state index contributed by atoms with van der Waals surface area (Å²) in [6, 6.07) is 8.21. The monoisotopic (exact) mass is 356 g/mol. The molecule has 2 aromatic rings. The molecule has 6 heteroatoms. The highest BCUT2D eigenvalue weighted by Crippen LogP contribution is 2.38. The molecule has 0 unspecified atom stereocenters. The Morgan fingerprint density at radius 2 is 2.04 bits per heavy atom. The number of aromatic nitrogens is 2. The lowest BCUT2D eigenvalue weighted by molar-refractivity contribution is -0.123. The summed E-state index contributed by atoms with van der Waals surface area (Å²) < 4.78 is 1.75. The second kappa shape index (κ2) is 7.91. The van der Waals surface area contributed by atoms with Gasteiger partial charge in [-0.1, -0.05) is 12.1 Å². The highest BCUT2D eigenvalue weighted by Gasteiger charge is 2.36. The zero-order valence-electron chi connectivity index (χ0n) is 15.7. The maximum atomic E-state index is 12.5. The van der Waals surface area contributed by atoms with Gasteiger partial charge < -0.3 is 15.3 Å². The van der Waals surface area contributed by atoms with Gasteiger partial charge in [0.1, 0.15) is 0 Å². The quantitative estimate of drug-likeness (QED) is 0.797. The molecule has 3 rings (SSSR count). The molecule has 1 fully saturated rings. The second-order valence-corrected chi connectivity index (χ2v) is 7.44. The second-order valence-electron chi connectivity index (χ2n) is 7.44. The molecule has 1 aliphatic carbocycles. The van der Waals surface area contributed by atoms with Gasteiger partial charge in [-0.05, 0) is 42.9 Å². The van der Waals surface area contributed by atoms with Crippen molar-refractivity contribution in [3.63, 3.8) is 0 Å². The van der Waals surface area contributed by atoms with Crippen LogP contribution in [0.15, 0.2) is 36.7 Å². The molecule has 0 aliphatic heterocycles. The lowest BCUT2D eigenvalue weighted by Crippen LogP contribution is -2.41. The van der Waals surface area contributed by atoms with Crippen LogP contribution in [0.2, 0.25) is 0 Å². The molecule has 1 amide bonds. The number of aryl methyl sites for hydroxylation is 2. The highest BCUT2D eigenvalue weighted by atomic mass is 16.3. The Hall–Kier alpha value is -2.34. The number of carbonyl (C=O) groups is 1. The fraction of sp³-hybridized carbons (Fsp3) is 0.500. The molecular formula is C20H28N4O2. The van der Waals surface area contributed by atoms with Crippen LogP contribution in [0.1, 0.15) is 36.4 Å². The van der Waals surface area contributed by atoms with Gasteiger partial charge in [0.15, 0.2) is 0 Å². The van der Waals surface area contributed by atoms with E-state index in [1.807, 2.05) is 27.3 Å². The third-order valence-electron chi connectivity index (χ3n) is 5.11. The van der Waals surface area contributed by atoms with E-state index in [9.17, 15) is 9.90 Å². The molecule has 140 valence electrons. The number of benzene rings is 1. The molecule has 0 saturated heterocycles. The number of rotatable bonds is 7. The van der Waals surface area contributed by atoms with E-state index in [1.165, 1.54) is 0 Å². The number of hydrogen-bond donors (Lipinski definition) is 2. The summed E-state index contributed by atoms with van der Waals surface area (Å²) in [5.41, 5.74) is 3.31. The minimum absolute atomic E-state index is 0.0388. The summed E-state index contributed by atoms with van der Waals surface area (Å²) in [5, 5.41) is 17.0. The van der Waals surface area contributed by atoms with Crippen LogP contribution in [-0.4, -0.2) is 41.0 Å². The van der Waals surface area contributed by atoms with Crippen molar-refractivity contribution in [2.75, 3.05) is 19.0 Å². The van der Waals surface area contributed by atoms with Crippen molar-refractivity contribution in [3.05, 3.63) is 47.8 Å². The van der Waals surface area contributed by atoms with Gasteiger partial charge in [0, 0.05) is 45.0 Å². The Balaban J connectivity index is 1.57. The van der Waals surface area contributed by atoms with Crippen LogP contribution in [0.25, 0.3) is 0 Å². The lowest BCUT2D eigenvalue weighted by Gasteiger charge is -2.37. The summed E-state index contributed by atoms with van der Waals surface area (Å²) >= 11 is 0. The van der Waals surface area contributed by atoms with Crippen LogP contribution < -0.4 is 10.2 Å². The van der Waals surface area contributed by atoms with Gasteiger partial charge in [0.25, 0.3) is 0 Å². The SMILES string of the molecule is CN(C)c1ccc(CCC(=O)N[C@@H](c2cnn(C)c2)C2CC(O)C2)cc1. The fourth-order valence-corrected chi connectivity index (χ4v) is 3.44. The molecule has 2 N–H and O–H groups in total. The van der Waals surface area contributed by atoms with Crippen molar-refractivity contribution in [3.8, 4) is 0 Å². The molecule has 1 heterocycles. The van der Waals surface area contributed by atoms with Crippen LogP contribution in [-0.2, 0) is 18.3 Å². The van der Waals surface area contributed by atoms with Crippen molar-refractivity contribution < 1.29 is 9.90 Å². The van der Waals surface area contributed by atoms with Crippen LogP contribution in [0.4, 0.5) is 5.69 Å². The van der Waals surface area contributed by atoms with Gasteiger partial charge in [0.05, 0.1) is 18.3 Å². The largest absolute Gasteiger partial charge is 0.393 e. The number of hydrogen-bond acceptors (Lipinski definition) is 4. The van der Waals surface area contributed by atoms with Crippen molar-refractivity contribution in [1.82, 2.24) is 15.1 Å². The van der Waals surface area contributed by atoms with Gasteiger partial charge >= 0.3 is 0 Å². The first kappa shape index (κ1) is 18.5. The number of carbonyl (C=O) groups excluding carboxylic acids is 1. The zero-order valence-corrected chi connectivity index (χ0v) is 15.7. The molecular weight excluding hydrogens is 328 g/mol. The van der Waals surface area contributed by atoms with E-state index in [0.717, 1.165) is 29.7 Å². The number of nitrogens with zero attached hydrogens (tertiary/aromatic N) is 3. The van der Waals surface area contributed by atoms with E-state index >= 15 is 0 Å². The smallest absolute Gasteiger partial charge is 0.220 e. The van der Waals surface area contributed by atoms with Gasteiger partial charge in [-0.15, -0.1) is 0 Å². The number of aliphatic hydroxyl groups is 1. The van der Waals surface area contributed by atoms with Crippen molar-refractivity contribution in [2.45, 2.75) is 37.8 Å². The Morgan fingerprint density at radius 1 is 1.35 bits per heavy atom. The number of anilines is 1. The molecule has 6 nitrogen and oxygen atoms in total. The molecule has 1 aromatic carbocycles. The minimum Gasteiger partial charge on any atom is -0.393 e. The van der Waals surface area contributed by atoms with Crippen LogP contribution in [0, 0.1) is 5.92 Å². The maximum absolute atomic E-state index is 12.5. The summed E-state index contributed by atoms with van der Waals surface area (Å²) in [6.07, 6.45) is 6.12. The summed E-state index contributed by atoms with van der Waals surface area (Å²) in [4.78, 5) is 14.6. The van der Waals surface area contributed by atoms with E-state index in [-0.39, 0.29) is 24.0 Å². The van der Waals surface area contributed by atoms with Gasteiger partial charge in [-0.25, -0.2) is 0 Å². The molecule has 26 heavy (non-hydrogen) atoms. The van der Waals surface area contributed by atoms with E-state index in [1.54, 1.807) is 10.9 Å². The van der Waals surface area contributed by atoms with Crippen molar-refractivity contribution >= 4 is 11.6 Å². The van der Waals surface area contributed by atoms with Gasteiger partial charge in [0.2, 0.25) is 5.91 Å². The normalized spacial score (nSPS) is 20.3. The topological polar surface area (TPSA) is 70.4 Å². The molecule has 0 spiro atoms. The predicted octanol–water partition coefficient (Wildman–Crippen LogP) is 2.05. The molecule has 0 bridgehead atoms. The molecule has 1 aliphatic rings. The number of amides is 1. The Bertz CT molecular complexity index is 733. The van der Waals surface area contributed by atoms with Crippen molar-refractivity contribution in [2.24, 2.45) is 13.0 Å². The van der Waals surface area contributed by atoms with Gasteiger partial charge in [-0.3, -0.25) is 9.48 Å². The number of nitrogens with one attached hydrogen (secondary N) is 1. The average Bonchev–Trinajstić information content (AvgIpc) is 3.02. The highest BCUT2D eigenvalue weighted by molar-refractivity contribution is 5.76. The van der Waals surface area contributed by atoms with Crippen LogP contribution in [0.3, 0.4) is 0 Å². The van der Waals surface area contributed by atoms with Crippen LogP contribution >= 0.6 is 0 Å². The maximum Gasteiger partial charge on any atom is 0.220 e. The summed E-state index contributed by atoms with van der Waals surface area (Å²) in [5.74, 6) is 0.314. The van der Waals surface area contributed by atoms with E-state index < -0.39 is 0 Å². The first-order valence-corrected chi connectivity index (χ1v) is 9.14. The predicted molar refractivity (Wildman–Crippen MR) is 102 cm³/mol. The Labute approximate surface area is 154 Å². The first-order chi connectivity index (χ1) is 12.4. The van der Waals surface area contributed by atoms with E-state index in [2.05, 4.69) is 39.6 Å². The Kier molecular flexibility index (Phi) is 5.61. The first-order valence-electron chi connectivity index (χ1n) is 9.14. The lowest BCUT2D eigenvalue weighted by atomic mass is 9.75. The molecule has 1 saturated carbocycles. The third-order valence-corrected chi connectivity index (χ3v) is 5.11. The Morgan fingerprint density at radius 3 is 2.58 bits per heavy atom. The number of aliphatic hydroxyl groups excluding tert-OH is 1.